The van der Waals surface area contributed by atoms with E-state index in [1.165, 1.54) is 0 Å². The number of nitrogens with one attached hydrogen (secondary N) is 1. The van der Waals surface area contributed by atoms with Crippen molar-refractivity contribution in [3.8, 4) is 0 Å². The minimum absolute atomic E-state index is 0. The molecule has 0 saturated heterocycles. The summed E-state index contributed by atoms with van der Waals surface area (Å²) in [5, 5.41) is 3.23. The number of hydrogen-bond acceptors (Lipinski definition) is 6. The van der Waals surface area contributed by atoms with Gasteiger partial charge in [-0.1, -0.05) is 0 Å². The van der Waals surface area contributed by atoms with E-state index < -0.39 is 0 Å². The van der Waals surface area contributed by atoms with Crippen molar-refractivity contribution in [3.63, 3.8) is 0 Å². The molecule has 1 aromatic heterocycles. The van der Waals surface area contributed by atoms with Gasteiger partial charge in [-0.3, -0.25) is 0 Å². The van der Waals surface area contributed by atoms with Gasteiger partial charge in [-0.15, -0.1) is 49.6 Å². The molecule has 132 valence electrons. The van der Waals surface area contributed by atoms with E-state index in [0.29, 0.717) is 35.8 Å². The average molecular weight is 404 g/mol. The van der Waals surface area contributed by atoms with Crippen molar-refractivity contribution in [1.29, 1.82) is 0 Å². The molecule has 23 heavy (non-hydrogen) atoms. The van der Waals surface area contributed by atoms with E-state index in [1.54, 1.807) is 18.3 Å². The molecule has 0 unspecified atom stereocenters. The number of benzene rings is 1. The zero-order valence-corrected chi connectivity index (χ0v) is 15.5. The Morgan fingerprint density at radius 2 is 1.52 bits per heavy atom. The SMILES string of the molecule is Cl.Cl.Cl.Cl.Nc1ccc(NCCc2cc(N)cnc2N)c(N)c1. The van der Waals surface area contributed by atoms with E-state index >= 15 is 0 Å². The van der Waals surface area contributed by atoms with Gasteiger partial charge in [-0.05, 0) is 36.2 Å². The van der Waals surface area contributed by atoms with E-state index in [9.17, 15) is 0 Å². The van der Waals surface area contributed by atoms with Gasteiger partial charge in [0, 0.05) is 12.2 Å². The van der Waals surface area contributed by atoms with Crippen molar-refractivity contribution in [3.05, 3.63) is 36.0 Å². The largest absolute Gasteiger partial charge is 0.399 e. The van der Waals surface area contributed by atoms with Gasteiger partial charge in [0.1, 0.15) is 5.82 Å². The molecule has 0 aliphatic heterocycles. The highest BCUT2D eigenvalue weighted by molar-refractivity contribution is 5.86. The zero-order chi connectivity index (χ0) is 13.8. The molecule has 0 atom stereocenters. The van der Waals surface area contributed by atoms with Crippen LogP contribution >= 0.6 is 49.6 Å². The monoisotopic (exact) mass is 402 g/mol. The summed E-state index contributed by atoms with van der Waals surface area (Å²) in [6.45, 7) is 0.684. The van der Waals surface area contributed by atoms with Crippen molar-refractivity contribution >= 4 is 78.2 Å². The molecule has 0 spiro atoms. The number of rotatable bonds is 4. The van der Waals surface area contributed by atoms with E-state index in [1.807, 2.05) is 12.1 Å². The summed E-state index contributed by atoms with van der Waals surface area (Å²) in [5.41, 5.74) is 26.6. The number of aromatic nitrogens is 1. The van der Waals surface area contributed by atoms with Gasteiger partial charge in [0.15, 0.2) is 0 Å². The Morgan fingerprint density at radius 1 is 0.870 bits per heavy atom. The Kier molecular flexibility index (Phi) is 13.8. The highest BCUT2D eigenvalue weighted by atomic mass is 35.5. The Hall–Kier alpha value is -1.47. The van der Waals surface area contributed by atoms with Crippen LogP contribution in [0.25, 0.3) is 0 Å². The summed E-state index contributed by atoms with van der Waals surface area (Å²) in [5.74, 6) is 0.501. The lowest BCUT2D eigenvalue weighted by Crippen LogP contribution is -2.09. The molecule has 9 N–H and O–H groups in total. The highest BCUT2D eigenvalue weighted by Crippen LogP contribution is 2.21. The predicted octanol–water partition coefficient (Wildman–Crippen LogP) is 2.75. The summed E-state index contributed by atoms with van der Waals surface area (Å²) in [4.78, 5) is 4.02. The molecule has 0 aliphatic rings. The van der Waals surface area contributed by atoms with Gasteiger partial charge >= 0.3 is 0 Å². The third kappa shape index (κ3) is 7.56. The minimum atomic E-state index is 0. The van der Waals surface area contributed by atoms with Crippen LogP contribution in [0.4, 0.5) is 28.6 Å². The fourth-order valence-corrected chi connectivity index (χ4v) is 1.81. The molecular weight excluding hydrogens is 382 g/mol. The van der Waals surface area contributed by atoms with Gasteiger partial charge in [0.05, 0.1) is 23.3 Å². The number of pyridine rings is 1. The normalized spacial score (nSPS) is 8.52. The van der Waals surface area contributed by atoms with Crippen molar-refractivity contribution in [2.45, 2.75) is 6.42 Å². The molecule has 0 fully saturated rings. The maximum atomic E-state index is 5.86. The fourth-order valence-electron chi connectivity index (χ4n) is 1.81. The van der Waals surface area contributed by atoms with Crippen molar-refractivity contribution in [2.75, 3.05) is 34.8 Å². The summed E-state index contributed by atoms with van der Waals surface area (Å²) in [6.07, 6.45) is 2.26. The summed E-state index contributed by atoms with van der Waals surface area (Å²) in [7, 11) is 0. The maximum absolute atomic E-state index is 5.86. The molecule has 1 heterocycles. The van der Waals surface area contributed by atoms with E-state index in [-0.39, 0.29) is 49.6 Å². The van der Waals surface area contributed by atoms with Crippen molar-refractivity contribution < 1.29 is 0 Å². The number of nitrogens with zero attached hydrogens (tertiary/aromatic N) is 1. The molecule has 2 aromatic rings. The number of anilines is 5. The summed E-state index contributed by atoms with van der Waals surface area (Å²) >= 11 is 0. The van der Waals surface area contributed by atoms with E-state index in [0.717, 1.165) is 11.3 Å². The van der Waals surface area contributed by atoms with Crippen LogP contribution in [0.5, 0.6) is 0 Å². The van der Waals surface area contributed by atoms with Crippen LogP contribution in [0, 0.1) is 0 Å². The Balaban J connectivity index is -0.000001000. The lowest BCUT2D eigenvalue weighted by atomic mass is 10.1. The van der Waals surface area contributed by atoms with Gasteiger partial charge in [-0.25, -0.2) is 4.98 Å². The van der Waals surface area contributed by atoms with Crippen LogP contribution < -0.4 is 28.3 Å². The quantitative estimate of drug-likeness (QED) is 0.499. The molecular formula is C13H22Cl4N6. The second kappa shape index (κ2) is 12.0. The summed E-state index contributed by atoms with van der Waals surface area (Å²) in [6, 6.07) is 7.20. The first-order valence-electron chi connectivity index (χ1n) is 5.95. The predicted molar refractivity (Wildman–Crippen MR) is 110 cm³/mol. The van der Waals surface area contributed by atoms with Gasteiger partial charge in [-0.2, -0.15) is 0 Å². The molecule has 0 aliphatic carbocycles. The first-order valence-corrected chi connectivity index (χ1v) is 5.95. The average Bonchev–Trinajstić information content (AvgIpc) is 2.36. The number of halogens is 4. The molecule has 10 heteroatoms. The molecule has 0 radical (unpaired) electrons. The van der Waals surface area contributed by atoms with Gasteiger partial charge in [0.2, 0.25) is 0 Å². The maximum Gasteiger partial charge on any atom is 0.126 e. The van der Waals surface area contributed by atoms with E-state index in [4.69, 9.17) is 22.9 Å². The third-order valence-corrected chi connectivity index (χ3v) is 2.81. The Bertz CT molecular complexity index is 597. The second-order valence-electron chi connectivity index (χ2n) is 4.34. The number of nitrogens with two attached hydrogens (primary N) is 4. The lowest BCUT2D eigenvalue weighted by Gasteiger charge is -2.11. The topological polar surface area (TPSA) is 129 Å². The van der Waals surface area contributed by atoms with Crippen LogP contribution in [0.15, 0.2) is 30.5 Å². The van der Waals surface area contributed by atoms with Gasteiger partial charge in [0.25, 0.3) is 0 Å². The third-order valence-electron chi connectivity index (χ3n) is 2.81. The smallest absolute Gasteiger partial charge is 0.126 e. The molecule has 0 bridgehead atoms. The zero-order valence-electron chi connectivity index (χ0n) is 12.2. The first kappa shape index (κ1) is 26.4. The summed E-state index contributed by atoms with van der Waals surface area (Å²) < 4.78 is 0. The van der Waals surface area contributed by atoms with Crippen LogP contribution in [0.2, 0.25) is 0 Å². The lowest BCUT2D eigenvalue weighted by molar-refractivity contribution is 1.01. The Labute approximate surface area is 160 Å². The number of hydrogen-bond donors (Lipinski definition) is 5. The fraction of sp³-hybridized carbons (Fsp3) is 0.154. The van der Waals surface area contributed by atoms with E-state index in [2.05, 4.69) is 10.3 Å². The molecule has 0 amide bonds. The van der Waals surface area contributed by atoms with Crippen LogP contribution in [0.3, 0.4) is 0 Å². The molecule has 2 rings (SSSR count). The first-order chi connectivity index (χ1) is 9.06. The van der Waals surface area contributed by atoms with Crippen LogP contribution in [-0.2, 0) is 6.42 Å². The molecule has 0 saturated carbocycles. The molecule has 6 nitrogen and oxygen atoms in total. The second-order valence-corrected chi connectivity index (χ2v) is 4.34. The Morgan fingerprint density at radius 3 is 2.13 bits per heavy atom. The minimum Gasteiger partial charge on any atom is -0.399 e. The number of nitrogen functional groups attached to an aromatic ring is 4. The van der Waals surface area contributed by atoms with Crippen molar-refractivity contribution in [2.24, 2.45) is 0 Å². The van der Waals surface area contributed by atoms with Crippen LogP contribution in [-0.4, -0.2) is 11.5 Å². The van der Waals surface area contributed by atoms with Gasteiger partial charge < -0.3 is 28.3 Å². The molecule has 1 aromatic carbocycles. The van der Waals surface area contributed by atoms with Crippen molar-refractivity contribution in [1.82, 2.24) is 4.98 Å². The standard InChI is InChI=1S/C13H18N6.4ClH/c14-9-1-2-12(11(16)6-9)18-4-3-8-5-10(15)7-19-13(8)17;;;;/h1-2,5-7,18H,3-4,14-16H2,(H2,17,19);4*1H. The van der Waals surface area contributed by atoms with Crippen LogP contribution in [0.1, 0.15) is 5.56 Å². The highest BCUT2D eigenvalue weighted by Gasteiger charge is 2.03.